The average Bonchev–Trinajstić information content (AvgIpc) is 2.30. The fourth-order valence-corrected chi connectivity index (χ4v) is 1.47. The van der Waals surface area contributed by atoms with Gasteiger partial charge in [0.15, 0.2) is 0 Å². The lowest BCUT2D eigenvalue weighted by atomic mass is 10.2. The summed E-state index contributed by atoms with van der Waals surface area (Å²) < 4.78 is 19.2. The second-order valence-electron chi connectivity index (χ2n) is 3.39. The van der Waals surface area contributed by atoms with Crippen molar-refractivity contribution < 1.29 is 9.13 Å². The fraction of sp³-hybridized carbons (Fsp3) is 0.0909. The van der Waals surface area contributed by atoms with E-state index in [9.17, 15) is 4.39 Å². The maximum Gasteiger partial charge on any atom is 0.238 e. The molecule has 0 bridgehead atoms. The molecular weight excluding hydrogens is 289 g/mol. The van der Waals surface area contributed by atoms with Gasteiger partial charge < -0.3 is 10.5 Å². The van der Waals surface area contributed by atoms with Crippen LogP contribution in [-0.2, 0) is 0 Å². The highest BCUT2D eigenvalue weighted by Crippen LogP contribution is 2.30. The summed E-state index contributed by atoms with van der Waals surface area (Å²) in [5.41, 5.74) is 6.13. The second-order valence-corrected chi connectivity index (χ2v) is 4.18. The number of nitrogens with zero attached hydrogens (tertiary/aromatic N) is 2. The number of nitrogen functional groups attached to an aromatic ring is 1. The normalized spacial score (nSPS) is 10.3. The number of nitrogens with two attached hydrogens (primary N) is 1. The Morgan fingerprint density at radius 3 is 2.82 bits per heavy atom. The molecule has 2 aromatic rings. The largest absolute Gasteiger partial charge is 0.438 e. The van der Waals surface area contributed by atoms with Crippen molar-refractivity contribution in [1.82, 2.24) is 9.97 Å². The van der Waals surface area contributed by atoms with E-state index in [1.54, 1.807) is 19.1 Å². The van der Waals surface area contributed by atoms with Crippen LogP contribution in [0, 0.1) is 12.7 Å². The first kappa shape index (κ1) is 11.8. The number of rotatable bonds is 2. The number of hydrogen-bond donors (Lipinski definition) is 1. The van der Waals surface area contributed by atoms with Crippen LogP contribution < -0.4 is 10.5 Å². The van der Waals surface area contributed by atoms with Crippen LogP contribution in [0.5, 0.6) is 11.6 Å². The van der Waals surface area contributed by atoms with E-state index < -0.39 is 0 Å². The van der Waals surface area contributed by atoms with Gasteiger partial charge in [0.05, 0.1) is 0 Å². The van der Waals surface area contributed by atoms with Gasteiger partial charge in [-0.2, -0.15) is 0 Å². The summed E-state index contributed by atoms with van der Waals surface area (Å²) in [6, 6.07) is 4.58. The summed E-state index contributed by atoms with van der Waals surface area (Å²) >= 11 is 3.20. The third-order valence-electron chi connectivity index (χ3n) is 2.14. The van der Waals surface area contributed by atoms with E-state index >= 15 is 0 Å². The molecule has 0 radical (unpaired) electrons. The molecule has 0 spiro atoms. The van der Waals surface area contributed by atoms with E-state index in [-0.39, 0.29) is 17.5 Å². The summed E-state index contributed by atoms with van der Waals surface area (Å²) in [6.45, 7) is 1.68. The Bertz CT molecular complexity index is 562. The molecule has 17 heavy (non-hydrogen) atoms. The molecule has 0 aliphatic heterocycles. The van der Waals surface area contributed by atoms with Crippen molar-refractivity contribution in [3.05, 3.63) is 40.4 Å². The van der Waals surface area contributed by atoms with E-state index in [4.69, 9.17) is 10.5 Å². The fourth-order valence-electron chi connectivity index (χ4n) is 1.19. The highest BCUT2D eigenvalue weighted by atomic mass is 79.9. The van der Waals surface area contributed by atoms with Gasteiger partial charge in [0, 0.05) is 6.07 Å². The minimum absolute atomic E-state index is 0.251. The van der Waals surface area contributed by atoms with Crippen molar-refractivity contribution in [3.8, 4) is 11.6 Å². The number of halogens is 2. The van der Waals surface area contributed by atoms with Gasteiger partial charge in [0.1, 0.15) is 28.2 Å². The molecule has 0 saturated carbocycles. The summed E-state index contributed by atoms with van der Waals surface area (Å²) in [7, 11) is 0. The van der Waals surface area contributed by atoms with Gasteiger partial charge in [-0.05, 0) is 34.5 Å². The van der Waals surface area contributed by atoms with Crippen molar-refractivity contribution in [2.24, 2.45) is 0 Å². The van der Waals surface area contributed by atoms with Crippen LogP contribution in [0.15, 0.2) is 29.0 Å². The Hall–Kier alpha value is -1.69. The van der Waals surface area contributed by atoms with Gasteiger partial charge in [0.25, 0.3) is 0 Å². The molecule has 0 unspecified atom stereocenters. The third kappa shape index (κ3) is 2.52. The lowest BCUT2D eigenvalue weighted by Gasteiger charge is -2.07. The van der Waals surface area contributed by atoms with Crippen molar-refractivity contribution in [2.75, 3.05) is 5.73 Å². The van der Waals surface area contributed by atoms with Crippen LogP contribution in [-0.4, -0.2) is 9.97 Å². The highest BCUT2D eigenvalue weighted by molar-refractivity contribution is 9.10. The Morgan fingerprint density at radius 1 is 1.35 bits per heavy atom. The molecule has 0 saturated heterocycles. The molecule has 0 fully saturated rings. The maximum atomic E-state index is 13.3. The van der Waals surface area contributed by atoms with E-state index in [0.29, 0.717) is 15.8 Å². The van der Waals surface area contributed by atoms with Crippen LogP contribution in [0.2, 0.25) is 0 Å². The molecule has 1 aromatic carbocycles. The summed E-state index contributed by atoms with van der Waals surface area (Å²) in [5, 5.41) is 0. The summed E-state index contributed by atoms with van der Waals surface area (Å²) in [6.07, 6.45) is 1.28. The van der Waals surface area contributed by atoms with Gasteiger partial charge in [-0.3, -0.25) is 0 Å². The third-order valence-corrected chi connectivity index (χ3v) is 2.89. The predicted molar refractivity (Wildman–Crippen MR) is 65.4 cm³/mol. The molecule has 6 heteroatoms. The van der Waals surface area contributed by atoms with Gasteiger partial charge in [-0.15, -0.1) is 0 Å². The zero-order chi connectivity index (χ0) is 12.4. The standard InChI is InChI=1S/C11H9BrFN3O/c1-6-2-3-7(4-8(6)13)17-11-9(12)10(14)15-5-16-11/h2-5H,1H3,(H2,14,15,16). The number of anilines is 1. The minimum atomic E-state index is -0.333. The van der Waals surface area contributed by atoms with Crippen LogP contribution in [0.4, 0.5) is 10.2 Å². The molecule has 88 valence electrons. The first-order valence-electron chi connectivity index (χ1n) is 4.78. The lowest BCUT2D eigenvalue weighted by molar-refractivity contribution is 0.453. The second kappa shape index (κ2) is 4.67. The number of ether oxygens (including phenoxy) is 1. The number of aryl methyl sites for hydroxylation is 1. The van der Waals surface area contributed by atoms with Crippen molar-refractivity contribution >= 4 is 21.7 Å². The van der Waals surface area contributed by atoms with Gasteiger partial charge in [-0.1, -0.05) is 6.07 Å². The molecule has 0 aliphatic carbocycles. The van der Waals surface area contributed by atoms with Crippen LogP contribution >= 0.6 is 15.9 Å². The lowest BCUT2D eigenvalue weighted by Crippen LogP contribution is -1.97. The molecule has 0 aliphatic rings. The summed E-state index contributed by atoms with van der Waals surface area (Å²) in [5.74, 6) is 0.538. The van der Waals surface area contributed by atoms with Crippen molar-refractivity contribution in [1.29, 1.82) is 0 Å². The van der Waals surface area contributed by atoms with Crippen molar-refractivity contribution in [3.63, 3.8) is 0 Å². The molecule has 1 heterocycles. The Kier molecular flexibility index (Phi) is 3.23. The SMILES string of the molecule is Cc1ccc(Oc2ncnc(N)c2Br)cc1F. The molecule has 2 N–H and O–H groups in total. The number of benzene rings is 1. The minimum Gasteiger partial charge on any atom is -0.438 e. The van der Waals surface area contributed by atoms with E-state index in [1.165, 1.54) is 12.4 Å². The molecule has 1 aromatic heterocycles. The van der Waals surface area contributed by atoms with Gasteiger partial charge >= 0.3 is 0 Å². The average molecular weight is 298 g/mol. The first-order valence-corrected chi connectivity index (χ1v) is 5.57. The summed E-state index contributed by atoms with van der Waals surface area (Å²) in [4.78, 5) is 7.68. The van der Waals surface area contributed by atoms with E-state index in [0.717, 1.165) is 0 Å². The topological polar surface area (TPSA) is 61.0 Å². The first-order chi connectivity index (χ1) is 8.08. The molecule has 0 amide bonds. The van der Waals surface area contributed by atoms with Gasteiger partial charge in [-0.25, -0.2) is 14.4 Å². The van der Waals surface area contributed by atoms with Gasteiger partial charge in [0.2, 0.25) is 5.88 Å². The molecule has 2 rings (SSSR count). The predicted octanol–water partition coefficient (Wildman–Crippen LogP) is 3.06. The Morgan fingerprint density at radius 2 is 2.12 bits per heavy atom. The smallest absolute Gasteiger partial charge is 0.238 e. The zero-order valence-electron chi connectivity index (χ0n) is 8.95. The Labute approximate surface area is 106 Å². The number of aromatic nitrogens is 2. The number of hydrogen-bond acceptors (Lipinski definition) is 4. The maximum absolute atomic E-state index is 13.3. The zero-order valence-corrected chi connectivity index (χ0v) is 10.5. The van der Waals surface area contributed by atoms with Crippen LogP contribution in [0.1, 0.15) is 5.56 Å². The van der Waals surface area contributed by atoms with Crippen molar-refractivity contribution in [2.45, 2.75) is 6.92 Å². The molecular formula is C11H9BrFN3O. The monoisotopic (exact) mass is 297 g/mol. The molecule has 4 nitrogen and oxygen atoms in total. The van der Waals surface area contributed by atoms with E-state index in [2.05, 4.69) is 25.9 Å². The molecule has 0 atom stereocenters. The van der Waals surface area contributed by atoms with E-state index in [1.807, 2.05) is 0 Å². The van der Waals surface area contributed by atoms with Crippen LogP contribution in [0.3, 0.4) is 0 Å². The quantitative estimate of drug-likeness (QED) is 0.925. The van der Waals surface area contributed by atoms with Crippen LogP contribution in [0.25, 0.3) is 0 Å². The highest BCUT2D eigenvalue weighted by Gasteiger charge is 2.09. The Balaban J connectivity index is 2.31.